The largest absolute Gasteiger partial charge is 0.433 e. The third-order valence-electron chi connectivity index (χ3n) is 6.27. The average molecular weight is 545 g/mol. The Morgan fingerprint density at radius 3 is 2.41 bits per heavy atom. The Balaban J connectivity index is 1.81. The molecule has 8 nitrogen and oxygen atoms in total. The number of nitrogens with two attached hydrogens (primary N) is 1. The fraction of sp³-hybridized carbons (Fsp3) is 0.500. The number of alkyl halides is 3. The molecule has 1 aliphatic heterocycles. The van der Waals surface area contributed by atoms with Crippen LogP contribution in [-0.4, -0.2) is 50.2 Å². The van der Waals surface area contributed by atoms with Crippen LogP contribution in [0.4, 0.5) is 23.4 Å². The van der Waals surface area contributed by atoms with Gasteiger partial charge < -0.3 is 15.5 Å². The van der Waals surface area contributed by atoms with Gasteiger partial charge in [0.2, 0.25) is 10.0 Å². The van der Waals surface area contributed by atoms with Crippen molar-refractivity contribution in [2.45, 2.75) is 51.4 Å². The minimum absolute atomic E-state index is 0.0650. The maximum absolute atomic E-state index is 14.6. The molecule has 1 atom stereocenters. The van der Waals surface area contributed by atoms with Crippen molar-refractivity contribution in [3.63, 3.8) is 0 Å². The van der Waals surface area contributed by atoms with Crippen molar-refractivity contribution in [1.82, 2.24) is 14.6 Å². The summed E-state index contributed by atoms with van der Waals surface area (Å²) in [5, 5.41) is 8.05. The highest BCUT2D eigenvalue weighted by Gasteiger charge is 2.34. The van der Waals surface area contributed by atoms with Crippen molar-refractivity contribution in [3.8, 4) is 0 Å². The molecule has 1 aromatic carbocycles. The van der Waals surface area contributed by atoms with Gasteiger partial charge in [-0.15, -0.1) is 0 Å². The van der Waals surface area contributed by atoms with Gasteiger partial charge in [-0.25, -0.2) is 22.5 Å². The highest BCUT2D eigenvalue weighted by atomic mass is 32.2. The number of rotatable bonds is 9. The van der Waals surface area contributed by atoms with E-state index in [-0.39, 0.29) is 42.9 Å². The van der Waals surface area contributed by atoms with Crippen molar-refractivity contribution in [2.75, 3.05) is 30.8 Å². The van der Waals surface area contributed by atoms with Crippen LogP contribution in [0.15, 0.2) is 30.3 Å². The first-order valence-electron chi connectivity index (χ1n) is 11.9. The van der Waals surface area contributed by atoms with Crippen LogP contribution in [0.2, 0.25) is 0 Å². The van der Waals surface area contributed by atoms with E-state index in [0.29, 0.717) is 24.2 Å². The number of hydrogen-bond donors (Lipinski definition) is 3. The van der Waals surface area contributed by atoms with E-state index in [1.807, 2.05) is 11.8 Å². The van der Waals surface area contributed by atoms with Gasteiger partial charge in [-0.1, -0.05) is 25.1 Å². The van der Waals surface area contributed by atoms with Crippen molar-refractivity contribution >= 4 is 21.8 Å². The van der Waals surface area contributed by atoms with Crippen molar-refractivity contribution in [2.24, 2.45) is 5.73 Å². The Labute approximate surface area is 214 Å². The van der Waals surface area contributed by atoms with E-state index < -0.39 is 27.7 Å². The summed E-state index contributed by atoms with van der Waals surface area (Å²) in [7, 11) is -3.48. The van der Waals surface area contributed by atoms with Gasteiger partial charge in [-0.2, -0.15) is 13.2 Å². The van der Waals surface area contributed by atoms with Crippen molar-refractivity contribution < 1.29 is 26.0 Å². The number of aromatic nitrogens is 1. The maximum atomic E-state index is 14.6. The second kappa shape index (κ2) is 11.6. The Hall–Kier alpha value is -2.93. The molecule has 0 radical (unpaired) electrons. The molecule has 1 aromatic heterocycles. The first-order valence-corrected chi connectivity index (χ1v) is 13.8. The fourth-order valence-electron chi connectivity index (χ4n) is 4.25. The Bertz CT molecular complexity index is 1220. The molecule has 0 bridgehead atoms. The first-order chi connectivity index (χ1) is 17.2. The van der Waals surface area contributed by atoms with Crippen LogP contribution in [0.25, 0.3) is 0 Å². The number of piperidine rings is 1. The topological polar surface area (TPSA) is 115 Å². The molecule has 1 fully saturated rings. The molecule has 0 saturated carbocycles. The Morgan fingerprint density at radius 2 is 1.84 bits per heavy atom. The van der Waals surface area contributed by atoms with E-state index in [1.54, 1.807) is 6.07 Å². The number of nitrogens with one attached hydrogen (secondary N) is 2. The Kier molecular flexibility index (Phi) is 9.00. The molecule has 0 amide bonds. The van der Waals surface area contributed by atoms with Gasteiger partial charge in [-0.05, 0) is 42.9 Å². The highest BCUT2D eigenvalue weighted by Crippen LogP contribution is 2.32. The van der Waals surface area contributed by atoms with Gasteiger partial charge in [0.05, 0.1) is 6.26 Å². The quantitative estimate of drug-likeness (QED) is 0.252. The molecular formula is C24H32F4N6O2S. The third-order valence-corrected chi connectivity index (χ3v) is 6.94. The number of halogens is 4. The maximum Gasteiger partial charge on any atom is 0.433 e. The number of nitrogens with zero attached hydrogens (tertiary/aromatic N) is 3. The third kappa shape index (κ3) is 8.03. The number of benzene rings is 1. The van der Waals surface area contributed by atoms with Gasteiger partial charge in [0, 0.05) is 43.9 Å². The summed E-state index contributed by atoms with van der Waals surface area (Å²) >= 11 is 0. The molecule has 0 aliphatic carbocycles. The zero-order valence-corrected chi connectivity index (χ0v) is 21.6. The lowest BCUT2D eigenvalue weighted by Crippen LogP contribution is -2.39. The minimum atomic E-state index is -4.58. The van der Waals surface area contributed by atoms with Crippen LogP contribution >= 0.6 is 0 Å². The van der Waals surface area contributed by atoms with E-state index in [0.717, 1.165) is 31.6 Å². The lowest BCUT2D eigenvalue weighted by Gasteiger charge is -2.32. The number of hydrogen-bond acceptors (Lipinski definition) is 5. The lowest BCUT2D eigenvalue weighted by molar-refractivity contribution is -0.141. The van der Waals surface area contributed by atoms with E-state index in [4.69, 9.17) is 11.1 Å². The molecular weight excluding hydrogens is 512 g/mol. The van der Waals surface area contributed by atoms with Gasteiger partial charge in [0.1, 0.15) is 17.3 Å². The van der Waals surface area contributed by atoms with Crippen LogP contribution in [-0.2, 0) is 29.3 Å². The van der Waals surface area contributed by atoms with Crippen LogP contribution in [0, 0.1) is 11.2 Å². The molecule has 2 heterocycles. The van der Waals surface area contributed by atoms with E-state index >= 15 is 0 Å². The van der Waals surface area contributed by atoms with E-state index in [9.17, 15) is 26.0 Å². The van der Waals surface area contributed by atoms with Crippen molar-refractivity contribution in [1.29, 1.82) is 5.41 Å². The minimum Gasteiger partial charge on any atom is -0.370 e. The van der Waals surface area contributed by atoms with Gasteiger partial charge in [0.15, 0.2) is 5.96 Å². The molecule has 1 aliphatic rings. The number of anilines is 1. The Morgan fingerprint density at radius 1 is 1.19 bits per heavy atom. The van der Waals surface area contributed by atoms with E-state index in [2.05, 4.69) is 9.71 Å². The van der Waals surface area contributed by atoms with Gasteiger partial charge in [0.25, 0.3) is 0 Å². The monoisotopic (exact) mass is 544 g/mol. The molecule has 13 heteroatoms. The molecule has 4 N–H and O–H groups in total. The van der Waals surface area contributed by atoms with Gasteiger partial charge in [-0.3, -0.25) is 5.41 Å². The lowest BCUT2D eigenvalue weighted by atomic mass is 9.98. The summed E-state index contributed by atoms with van der Waals surface area (Å²) in [6.45, 7) is 3.09. The van der Waals surface area contributed by atoms with Crippen LogP contribution in [0.5, 0.6) is 0 Å². The second-order valence-corrected chi connectivity index (χ2v) is 11.2. The van der Waals surface area contributed by atoms with Crippen molar-refractivity contribution in [3.05, 3.63) is 58.5 Å². The summed E-state index contributed by atoms with van der Waals surface area (Å²) < 4.78 is 79.5. The van der Waals surface area contributed by atoms with E-state index in [1.165, 1.54) is 23.1 Å². The number of guanidine groups is 1. The average Bonchev–Trinajstić information content (AvgIpc) is 2.82. The predicted octanol–water partition coefficient (Wildman–Crippen LogP) is 3.78. The summed E-state index contributed by atoms with van der Waals surface area (Å²) in [5.41, 5.74) is 6.17. The SMILES string of the molecule is CC(CN(Cc1ccc(C(F)(F)F)nc1N1CCCCC1)C(=N)N)c1ccc(CNS(C)(=O)=O)c(F)c1. The van der Waals surface area contributed by atoms with Gasteiger partial charge >= 0.3 is 6.18 Å². The van der Waals surface area contributed by atoms with Crippen LogP contribution in [0.1, 0.15) is 54.5 Å². The zero-order chi connectivity index (χ0) is 27.4. The highest BCUT2D eigenvalue weighted by molar-refractivity contribution is 7.88. The predicted molar refractivity (Wildman–Crippen MR) is 134 cm³/mol. The number of pyridine rings is 1. The first kappa shape index (κ1) is 28.6. The normalized spacial score (nSPS) is 15.5. The number of sulfonamides is 1. The fourth-order valence-corrected chi connectivity index (χ4v) is 4.67. The summed E-state index contributed by atoms with van der Waals surface area (Å²) in [4.78, 5) is 7.29. The van der Waals surface area contributed by atoms with Crippen LogP contribution in [0.3, 0.4) is 0 Å². The molecule has 1 unspecified atom stereocenters. The molecule has 3 rings (SSSR count). The molecule has 1 saturated heterocycles. The molecule has 0 spiro atoms. The molecule has 2 aromatic rings. The summed E-state index contributed by atoms with van der Waals surface area (Å²) in [6, 6.07) is 6.78. The summed E-state index contributed by atoms with van der Waals surface area (Å²) in [6.07, 6.45) is -0.884. The standard InChI is InChI=1S/C24H32F4N6O2S/c1-16(17-6-7-18(20(25)12-17)13-31-37(2,35)36)14-34(23(29)30)15-19-8-9-21(24(26,27)28)32-22(19)33-10-4-3-5-11-33/h6-9,12,16,31H,3-5,10-11,13-15H2,1-2H3,(H3,29,30). The summed E-state index contributed by atoms with van der Waals surface area (Å²) in [5.74, 6) is -0.904. The van der Waals surface area contributed by atoms with Crippen LogP contribution < -0.4 is 15.4 Å². The molecule has 37 heavy (non-hydrogen) atoms. The second-order valence-electron chi connectivity index (χ2n) is 9.34. The molecule has 204 valence electrons. The zero-order valence-electron chi connectivity index (χ0n) is 20.8. The smallest absolute Gasteiger partial charge is 0.370 e.